The quantitative estimate of drug-likeness (QED) is 0.291. The van der Waals surface area contributed by atoms with Gasteiger partial charge in [-0.1, -0.05) is 54.6 Å². The van der Waals surface area contributed by atoms with Gasteiger partial charge in [-0.2, -0.15) is 5.10 Å². The Balaban J connectivity index is 1.67. The number of allylic oxidation sites excluding steroid dienone is 1. The van der Waals surface area contributed by atoms with Crippen LogP contribution in [0, 0.1) is 0 Å². The Morgan fingerprint density at radius 1 is 1.21 bits per heavy atom. The number of nitrogens with zero attached hydrogens (tertiary/aromatic N) is 2. The highest BCUT2D eigenvalue weighted by Gasteiger charge is 2.32. The summed E-state index contributed by atoms with van der Waals surface area (Å²) in [5.74, 6) is -1.29. The second kappa shape index (κ2) is 12.5. The molecule has 3 N–H and O–H groups in total. The lowest BCUT2D eigenvalue weighted by atomic mass is 10.2. The number of benzene rings is 1. The number of carbonyl (C=O) groups is 3. The highest BCUT2D eigenvalue weighted by Crippen LogP contribution is 2.22. The largest absolute Gasteiger partial charge is 0.481 e. The van der Waals surface area contributed by atoms with E-state index in [1.54, 1.807) is 6.08 Å². The van der Waals surface area contributed by atoms with Gasteiger partial charge >= 0.3 is 5.97 Å². The van der Waals surface area contributed by atoms with Crippen molar-refractivity contribution < 1.29 is 19.5 Å². The number of amides is 2. The molecule has 0 saturated carbocycles. The summed E-state index contributed by atoms with van der Waals surface area (Å²) in [6, 6.07) is 9.76. The maximum atomic E-state index is 12.0. The fourth-order valence-electron chi connectivity index (χ4n) is 2.48. The first-order valence-electron chi connectivity index (χ1n) is 9.33. The van der Waals surface area contributed by atoms with Gasteiger partial charge in [-0.3, -0.25) is 14.4 Å². The molecular weight excluding hydrogens is 392 g/mol. The third-order valence-electron chi connectivity index (χ3n) is 3.93. The Labute approximate surface area is 173 Å². The van der Waals surface area contributed by atoms with E-state index in [0.717, 1.165) is 12.0 Å². The number of nitrogens with one attached hydrogen (secondary N) is 2. The number of thioether (sulfide) groups is 1. The number of carbonyl (C=O) groups excluding carboxylic acids is 2. The first-order chi connectivity index (χ1) is 14.0. The van der Waals surface area contributed by atoms with Crippen LogP contribution in [0.1, 0.15) is 37.7 Å². The molecule has 1 aliphatic heterocycles. The van der Waals surface area contributed by atoms with E-state index in [-0.39, 0.29) is 24.7 Å². The Morgan fingerprint density at radius 3 is 2.76 bits per heavy atom. The van der Waals surface area contributed by atoms with E-state index in [2.05, 4.69) is 20.8 Å². The molecule has 0 radical (unpaired) electrons. The minimum atomic E-state index is -0.813. The van der Waals surface area contributed by atoms with Crippen LogP contribution in [0.2, 0.25) is 0 Å². The van der Waals surface area contributed by atoms with Gasteiger partial charge in [0, 0.05) is 25.6 Å². The van der Waals surface area contributed by atoms with E-state index in [9.17, 15) is 14.4 Å². The third kappa shape index (κ3) is 9.20. The van der Waals surface area contributed by atoms with E-state index < -0.39 is 11.2 Å². The van der Waals surface area contributed by atoms with E-state index in [4.69, 9.17) is 5.11 Å². The molecule has 1 atom stereocenters. The first-order valence-corrected chi connectivity index (χ1v) is 10.2. The molecule has 1 aromatic rings. The normalized spacial score (nSPS) is 17.9. The van der Waals surface area contributed by atoms with Crippen LogP contribution in [0.3, 0.4) is 0 Å². The summed E-state index contributed by atoms with van der Waals surface area (Å²) >= 11 is 1.18. The predicted molar refractivity (Wildman–Crippen MR) is 115 cm³/mol. The molecule has 0 spiro atoms. The molecule has 2 rings (SSSR count). The second-order valence-corrected chi connectivity index (χ2v) is 7.49. The van der Waals surface area contributed by atoms with E-state index in [1.165, 1.54) is 18.0 Å². The van der Waals surface area contributed by atoms with Gasteiger partial charge in [0.15, 0.2) is 5.17 Å². The summed E-state index contributed by atoms with van der Waals surface area (Å²) < 4.78 is 0. The molecule has 0 aliphatic carbocycles. The lowest BCUT2D eigenvalue weighted by Gasteiger charge is -2.07. The molecule has 8 nitrogen and oxygen atoms in total. The van der Waals surface area contributed by atoms with Crippen molar-refractivity contribution in [2.75, 3.05) is 6.54 Å². The predicted octanol–water partition coefficient (Wildman–Crippen LogP) is 2.42. The molecule has 1 aromatic carbocycles. The number of aliphatic carboxylic acids is 1. The van der Waals surface area contributed by atoms with Gasteiger partial charge in [0.2, 0.25) is 11.8 Å². The van der Waals surface area contributed by atoms with Gasteiger partial charge in [0.05, 0.1) is 0 Å². The minimum absolute atomic E-state index is 0.0578. The molecule has 1 heterocycles. The number of carboxylic acids is 1. The molecule has 0 aromatic heterocycles. The average molecular weight is 417 g/mol. The summed E-state index contributed by atoms with van der Waals surface area (Å²) in [5, 5.41) is 21.6. The Kier molecular flexibility index (Phi) is 9.64. The number of unbranched alkanes of at least 4 members (excludes halogenated alkanes) is 2. The van der Waals surface area contributed by atoms with Crippen LogP contribution in [-0.4, -0.2) is 46.1 Å². The maximum absolute atomic E-state index is 12.0. The molecule has 1 fully saturated rings. The van der Waals surface area contributed by atoms with E-state index >= 15 is 0 Å². The van der Waals surface area contributed by atoms with Crippen LogP contribution < -0.4 is 10.6 Å². The van der Waals surface area contributed by atoms with Gasteiger partial charge in [-0.15, -0.1) is 5.10 Å². The Bertz CT molecular complexity index is 793. The van der Waals surface area contributed by atoms with Crippen LogP contribution in [0.25, 0.3) is 6.08 Å². The molecule has 9 heteroatoms. The van der Waals surface area contributed by atoms with Crippen molar-refractivity contribution in [1.82, 2.24) is 10.6 Å². The zero-order chi connectivity index (χ0) is 20.9. The molecule has 2 amide bonds. The van der Waals surface area contributed by atoms with Crippen LogP contribution in [0.4, 0.5) is 0 Å². The highest BCUT2D eigenvalue weighted by atomic mass is 32.2. The fraction of sp³-hybridized carbons (Fsp3) is 0.350. The van der Waals surface area contributed by atoms with Crippen LogP contribution in [-0.2, 0) is 14.4 Å². The minimum Gasteiger partial charge on any atom is -0.481 e. The average Bonchev–Trinajstić information content (AvgIpc) is 3.04. The van der Waals surface area contributed by atoms with Crippen LogP contribution in [0.5, 0.6) is 0 Å². The Morgan fingerprint density at radius 2 is 2.00 bits per heavy atom. The van der Waals surface area contributed by atoms with Gasteiger partial charge in [-0.25, -0.2) is 0 Å². The van der Waals surface area contributed by atoms with Gasteiger partial charge in [0.25, 0.3) is 0 Å². The number of hydrogen-bond acceptors (Lipinski definition) is 6. The zero-order valence-corrected chi connectivity index (χ0v) is 16.7. The second-order valence-electron chi connectivity index (χ2n) is 6.29. The van der Waals surface area contributed by atoms with Crippen molar-refractivity contribution in [3.63, 3.8) is 0 Å². The van der Waals surface area contributed by atoms with Crippen LogP contribution >= 0.6 is 11.8 Å². The molecule has 1 saturated heterocycles. The summed E-state index contributed by atoms with van der Waals surface area (Å²) in [6.45, 7) is 0.469. The monoisotopic (exact) mass is 416 g/mol. The van der Waals surface area contributed by atoms with Crippen molar-refractivity contribution in [3.8, 4) is 0 Å². The van der Waals surface area contributed by atoms with Gasteiger partial charge in [-0.05, 0) is 24.5 Å². The number of rotatable bonds is 11. The first kappa shape index (κ1) is 22.4. The summed E-state index contributed by atoms with van der Waals surface area (Å²) in [6.07, 6.45) is 7.40. The molecular formula is C20H24N4O4S. The Hall–Kier alpha value is -2.94. The molecule has 0 unspecified atom stereocenters. The van der Waals surface area contributed by atoms with E-state index in [0.29, 0.717) is 24.6 Å². The standard InChI is InChI=1S/C20H24N4O4S/c25-17(21-12-6-2-5-11-18(26)27)14-16-19(28)23-20(29-16)24-22-13-7-10-15-8-3-1-4-9-15/h1,3-4,7-10,13,16H,2,5-6,11-12,14H2,(H,21,25)(H,26,27)(H,23,24,28)/b10-7+,22-13-/t16-/m0/s1. The van der Waals surface area contributed by atoms with E-state index in [1.807, 2.05) is 36.4 Å². The molecule has 0 bridgehead atoms. The number of carboxylic acid groups (broad SMARTS) is 1. The van der Waals surface area contributed by atoms with Crippen molar-refractivity contribution in [3.05, 3.63) is 42.0 Å². The van der Waals surface area contributed by atoms with Crippen molar-refractivity contribution in [2.24, 2.45) is 10.2 Å². The van der Waals surface area contributed by atoms with Gasteiger partial charge < -0.3 is 15.7 Å². The summed E-state index contributed by atoms with van der Waals surface area (Å²) in [7, 11) is 0. The SMILES string of the molecule is O=C(O)CCCCCNC(=O)C[C@@H]1S\C(=N/N=C\C=C\c2ccccc2)NC1=O. The topological polar surface area (TPSA) is 120 Å². The lowest BCUT2D eigenvalue weighted by molar-refractivity contribution is -0.137. The third-order valence-corrected chi connectivity index (χ3v) is 5.00. The fourth-order valence-corrected chi connectivity index (χ4v) is 3.40. The van der Waals surface area contributed by atoms with Crippen molar-refractivity contribution in [2.45, 2.75) is 37.4 Å². The molecule has 154 valence electrons. The number of hydrogen-bond donors (Lipinski definition) is 3. The smallest absolute Gasteiger partial charge is 0.303 e. The summed E-state index contributed by atoms with van der Waals surface area (Å²) in [4.78, 5) is 34.3. The highest BCUT2D eigenvalue weighted by molar-refractivity contribution is 8.15. The number of amidine groups is 1. The van der Waals surface area contributed by atoms with Crippen molar-refractivity contribution in [1.29, 1.82) is 0 Å². The molecule has 1 aliphatic rings. The maximum Gasteiger partial charge on any atom is 0.303 e. The van der Waals surface area contributed by atoms with Gasteiger partial charge in [0.1, 0.15) is 5.25 Å². The zero-order valence-electron chi connectivity index (χ0n) is 15.9. The van der Waals surface area contributed by atoms with Crippen molar-refractivity contribution >= 4 is 47.0 Å². The molecule has 29 heavy (non-hydrogen) atoms. The van der Waals surface area contributed by atoms with Crippen LogP contribution in [0.15, 0.2) is 46.6 Å². The summed E-state index contributed by atoms with van der Waals surface area (Å²) in [5.41, 5.74) is 1.04. The lowest BCUT2D eigenvalue weighted by Crippen LogP contribution is -2.31.